The zero-order valence-electron chi connectivity index (χ0n) is 12.3. The smallest absolute Gasteiger partial charge is 0.255 e. The van der Waals surface area contributed by atoms with Gasteiger partial charge < -0.3 is 15.2 Å². The van der Waals surface area contributed by atoms with E-state index in [9.17, 15) is 9.90 Å². The fraction of sp³-hybridized carbons (Fsp3) is 0.235. The first-order chi connectivity index (χ1) is 10.6. The van der Waals surface area contributed by atoms with E-state index in [4.69, 9.17) is 16.3 Å². The van der Waals surface area contributed by atoms with Crippen LogP contribution in [0.4, 0.5) is 0 Å². The van der Waals surface area contributed by atoms with Crippen LogP contribution >= 0.6 is 11.6 Å². The molecule has 2 N–H and O–H groups in total. The lowest BCUT2D eigenvalue weighted by molar-refractivity contribution is 0.0912. The highest BCUT2D eigenvalue weighted by Gasteiger charge is 2.14. The van der Waals surface area contributed by atoms with Crippen LogP contribution in [0.25, 0.3) is 0 Å². The molecular formula is C17H18ClNO3. The van der Waals surface area contributed by atoms with E-state index in [2.05, 4.69) is 5.32 Å². The quantitative estimate of drug-likeness (QED) is 0.859. The van der Waals surface area contributed by atoms with Gasteiger partial charge in [-0.15, -0.1) is 0 Å². The van der Waals surface area contributed by atoms with Gasteiger partial charge in [-0.05, 0) is 36.8 Å². The van der Waals surface area contributed by atoms with Crippen molar-refractivity contribution in [1.29, 1.82) is 0 Å². The summed E-state index contributed by atoms with van der Waals surface area (Å²) in [5, 5.41) is 13.4. The molecule has 0 saturated carbocycles. The molecule has 0 heterocycles. The Morgan fingerprint density at radius 3 is 2.59 bits per heavy atom. The molecule has 1 unspecified atom stereocenters. The minimum absolute atomic E-state index is 0.112. The Bertz CT molecular complexity index is 628. The van der Waals surface area contributed by atoms with Crippen LogP contribution in [-0.2, 0) is 0 Å². The van der Waals surface area contributed by atoms with Gasteiger partial charge >= 0.3 is 0 Å². The number of amides is 1. The first-order valence-corrected chi connectivity index (χ1v) is 7.43. The topological polar surface area (TPSA) is 58.6 Å². The number of carbonyl (C=O) groups excluding carboxylic acids is 1. The van der Waals surface area contributed by atoms with Crippen molar-refractivity contribution in [2.75, 3.05) is 13.2 Å². The van der Waals surface area contributed by atoms with Gasteiger partial charge in [0, 0.05) is 11.6 Å². The lowest BCUT2D eigenvalue weighted by atomic mass is 10.1. The number of halogens is 1. The Morgan fingerprint density at radius 2 is 1.91 bits per heavy atom. The summed E-state index contributed by atoms with van der Waals surface area (Å²) in [6, 6.07) is 13.9. The monoisotopic (exact) mass is 319 g/mol. The highest BCUT2D eigenvalue weighted by molar-refractivity contribution is 6.30. The summed E-state index contributed by atoms with van der Waals surface area (Å²) in [6.07, 6.45) is -0.791. The van der Waals surface area contributed by atoms with Crippen LogP contribution in [0.2, 0.25) is 5.02 Å². The third-order valence-corrected chi connectivity index (χ3v) is 3.39. The summed E-state index contributed by atoms with van der Waals surface area (Å²) in [5.74, 6) is 0.251. The summed E-state index contributed by atoms with van der Waals surface area (Å²) < 4.78 is 5.42. The summed E-state index contributed by atoms with van der Waals surface area (Å²) in [6.45, 7) is 2.46. The third-order valence-electron chi connectivity index (χ3n) is 3.14. The molecule has 0 aliphatic rings. The zero-order valence-corrected chi connectivity index (χ0v) is 13.0. The highest BCUT2D eigenvalue weighted by Crippen LogP contribution is 2.19. The van der Waals surface area contributed by atoms with Gasteiger partial charge in [-0.25, -0.2) is 0 Å². The average molecular weight is 320 g/mol. The van der Waals surface area contributed by atoms with Gasteiger partial charge in [0.2, 0.25) is 0 Å². The second-order valence-electron chi connectivity index (χ2n) is 4.71. The van der Waals surface area contributed by atoms with Crippen LogP contribution in [-0.4, -0.2) is 24.2 Å². The standard InChI is InChI=1S/C17H18ClNO3/c1-2-22-16-6-4-3-5-14(16)17(21)19-11-15(20)12-7-9-13(18)10-8-12/h3-10,15,20H,2,11H2,1H3,(H,19,21). The minimum Gasteiger partial charge on any atom is -0.493 e. The predicted molar refractivity (Wildman–Crippen MR) is 86.4 cm³/mol. The maximum atomic E-state index is 12.2. The number of ether oxygens (including phenoxy) is 1. The van der Waals surface area contributed by atoms with Gasteiger partial charge in [0.1, 0.15) is 5.75 Å². The van der Waals surface area contributed by atoms with E-state index in [1.54, 1.807) is 42.5 Å². The molecule has 0 fully saturated rings. The number of hydrogen-bond donors (Lipinski definition) is 2. The fourth-order valence-corrected chi connectivity index (χ4v) is 2.15. The van der Waals surface area contributed by atoms with Crippen molar-refractivity contribution < 1.29 is 14.6 Å². The number of aliphatic hydroxyl groups is 1. The number of benzene rings is 2. The molecule has 0 bridgehead atoms. The van der Waals surface area contributed by atoms with Crippen LogP contribution in [0.5, 0.6) is 5.75 Å². The Kier molecular flexibility index (Phi) is 5.81. The number of para-hydroxylation sites is 1. The highest BCUT2D eigenvalue weighted by atomic mass is 35.5. The molecule has 22 heavy (non-hydrogen) atoms. The van der Waals surface area contributed by atoms with Crippen LogP contribution in [0.15, 0.2) is 48.5 Å². The van der Waals surface area contributed by atoms with Crippen molar-refractivity contribution in [1.82, 2.24) is 5.32 Å². The largest absolute Gasteiger partial charge is 0.493 e. The predicted octanol–water partition coefficient (Wildman–Crippen LogP) is 3.20. The van der Waals surface area contributed by atoms with E-state index < -0.39 is 6.10 Å². The average Bonchev–Trinajstić information content (AvgIpc) is 2.54. The summed E-state index contributed by atoms with van der Waals surface area (Å²) in [5.41, 5.74) is 1.15. The molecule has 0 aliphatic heterocycles. The summed E-state index contributed by atoms with van der Waals surface area (Å²) in [7, 11) is 0. The summed E-state index contributed by atoms with van der Waals surface area (Å²) in [4.78, 5) is 12.2. The van der Waals surface area contributed by atoms with Crippen molar-refractivity contribution in [3.8, 4) is 5.75 Å². The lowest BCUT2D eigenvalue weighted by Crippen LogP contribution is -2.28. The van der Waals surface area contributed by atoms with E-state index in [0.29, 0.717) is 28.5 Å². The number of nitrogens with one attached hydrogen (secondary N) is 1. The van der Waals surface area contributed by atoms with Gasteiger partial charge in [0.25, 0.3) is 5.91 Å². The molecule has 2 rings (SSSR count). The first kappa shape index (κ1) is 16.3. The van der Waals surface area contributed by atoms with E-state index in [0.717, 1.165) is 0 Å². The minimum atomic E-state index is -0.791. The molecule has 0 saturated heterocycles. The molecule has 2 aromatic rings. The first-order valence-electron chi connectivity index (χ1n) is 7.05. The second kappa shape index (κ2) is 7.82. The molecule has 5 heteroatoms. The maximum Gasteiger partial charge on any atom is 0.255 e. The van der Waals surface area contributed by atoms with Gasteiger partial charge in [0.15, 0.2) is 0 Å². The van der Waals surface area contributed by atoms with E-state index in [-0.39, 0.29) is 12.5 Å². The Morgan fingerprint density at radius 1 is 1.23 bits per heavy atom. The molecule has 0 aliphatic carbocycles. The van der Waals surface area contributed by atoms with Crippen molar-refractivity contribution in [3.05, 3.63) is 64.7 Å². The number of aliphatic hydroxyl groups excluding tert-OH is 1. The normalized spacial score (nSPS) is 11.8. The number of rotatable bonds is 6. The van der Waals surface area contributed by atoms with Gasteiger partial charge in [-0.1, -0.05) is 35.9 Å². The Hall–Kier alpha value is -2.04. The van der Waals surface area contributed by atoms with Crippen LogP contribution in [0, 0.1) is 0 Å². The van der Waals surface area contributed by atoms with Crippen LogP contribution < -0.4 is 10.1 Å². The SMILES string of the molecule is CCOc1ccccc1C(=O)NCC(O)c1ccc(Cl)cc1. The molecule has 1 amide bonds. The number of carbonyl (C=O) groups is 1. The number of hydrogen-bond acceptors (Lipinski definition) is 3. The molecule has 0 radical (unpaired) electrons. The molecular weight excluding hydrogens is 302 g/mol. The molecule has 0 aromatic heterocycles. The van der Waals surface area contributed by atoms with Crippen LogP contribution in [0.1, 0.15) is 28.9 Å². The lowest BCUT2D eigenvalue weighted by Gasteiger charge is -2.14. The Labute approximate surface area is 134 Å². The zero-order chi connectivity index (χ0) is 15.9. The fourth-order valence-electron chi connectivity index (χ4n) is 2.02. The van der Waals surface area contributed by atoms with E-state index in [1.165, 1.54) is 0 Å². The van der Waals surface area contributed by atoms with Gasteiger partial charge in [-0.3, -0.25) is 4.79 Å². The molecule has 0 spiro atoms. The Balaban J connectivity index is 1.99. The van der Waals surface area contributed by atoms with Crippen molar-refractivity contribution in [2.45, 2.75) is 13.0 Å². The van der Waals surface area contributed by atoms with Crippen molar-refractivity contribution in [2.24, 2.45) is 0 Å². The second-order valence-corrected chi connectivity index (χ2v) is 5.14. The molecule has 1 atom stereocenters. The van der Waals surface area contributed by atoms with Crippen LogP contribution in [0.3, 0.4) is 0 Å². The third kappa shape index (κ3) is 4.23. The molecule has 116 valence electrons. The van der Waals surface area contributed by atoms with Crippen molar-refractivity contribution >= 4 is 17.5 Å². The van der Waals surface area contributed by atoms with E-state index in [1.807, 2.05) is 13.0 Å². The molecule has 4 nitrogen and oxygen atoms in total. The molecule has 2 aromatic carbocycles. The van der Waals surface area contributed by atoms with Gasteiger partial charge in [-0.2, -0.15) is 0 Å². The van der Waals surface area contributed by atoms with E-state index >= 15 is 0 Å². The maximum absolute atomic E-state index is 12.2. The van der Waals surface area contributed by atoms with Crippen molar-refractivity contribution in [3.63, 3.8) is 0 Å². The van der Waals surface area contributed by atoms with Gasteiger partial charge in [0.05, 0.1) is 18.3 Å². The summed E-state index contributed by atoms with van der Waals surface area (Å²) >= 11 is 5.81.